The van der Waals surface area contributed by atoms with Crippen LogP contribution < -0.4 is 15.6 Å². The van der Waals surface area contributed by atoms with Crippen molar-refractivity contribution in [2.45, 2.75) is 13.8 Å². The molecule has 0 saturated carbocycles. The molecule has 0 radical (unpaired) electrons. The molecule has 0 aliphatic carbocycles. The van der Waals surface area contributed by atoms with Gasteiger partial charge in [-0.05, 0) is 55.8 Å². The minimum atomic E-state index is -0.465. The highest BCUT2D eigenvalue weighted by Crippen LogP contribution is 2.17. The van der Waals surface area contributed by atoms with E-state index in [1.165, 1.54) is 6.20 Å². The summed E-state index contributed by atoms with van der Waals surface area (Å²) < 4.78 is 8.01. The summed E-state index contributed by atoms with van der Waals surface area (Å²) in [6.45, 7) is 3.51. The Morgan fingerprint density at radius 2 is 1.86 bits per heavy atom. The fourth-order valence-electron chi connectivity index (χ4n) is 2.56. The third-order valence-electron chi connectivity index (χ3n) is 4.00. The third-order valence-corrected chi connectivity index (χ3v) is 4.53. The molecule has 1 aromatic heterocycles. The van der Waals surface area contributed by atoms with E-state index >= 15 is 0 Å². The molecule has 0 atom stereocenters. The molecule has 0 spiro atoms. The highest BCUT2D eigenvalue weighted by molar-refractivity contribution is 9.10. The van der Waals surface area contributed by atoms with Gasteiger partial charge >= 0.3 is 0 Å². The van der Waals surface area contributed by atoms with Crippen LogP contribution in [0.15, 0.2) is 59.2 Å². The maximum Gasteiger partial charge on any atom is 0.276 e. The second-order valence-electron chi connectivity index (χ2n) is 6.14. The van der Waals surface area contributed by atoms with Gasteiger partial charge in [0.2, 0.25) is 0 Å². The molecule has 0 bridgehead atoms. The number of ether oxygens (including phenoxy) is 1. The maximum absolute atomic E-state index is 12.4. The Balaban J connectivity index is 1.56. The molecule has 0 saturated heterocycles. The molecule has 2 amide bonds. The lowest BCUT2D eigenvalue weighted by molar-refractivity contribution is -0.123. The SMILES string of the molecule is Cc1cccc(OCC(=O)NNC(=O)c2cnn(-c3ccc(Br)cc3)c2C)c1. The van der Waals surface area contributed by atoms with E-state index in [4.69, 9.17) is 4.74 Å². The summed E-state index contributed by atoms with van der Waals surface area (Å²) in [6.07, 6.45) is 1.46. The number of hydrogen-bond acceptors (Lipinski definition) is 4. The average Bonchev–Trinajstić information content (AvgIpc) is 3.06. The predicted octanol–water partition coefficient (Wildman–Crippen LogP) is 3.09. The molecule has 0 unspecified atom stereocenters. The fourth-order valence-corrected chi connectivity index (χ4v) is 2.82. The van der Waals surface area contributed by atoms with Crippen LogP contribution in [0.1, 0.15) is 21.6 Å². The first-order valence-corrected chi connectivity index (χ1v) is 9.32. The highest BCUT2D eigenvalue weighted by atomic mass is 79.9. The van der Waals surface area contributed by atoms with Crippen LogP contribution in [-0.4, -0.2) is 28.2 Å². The Morgan fingerprint density at radius 1 is 1.11 bits per heavy atom. The third kappa shape index (κ3) is 4.77. The Bertz CT molecular complexity index is 999. The molecule has 3 aromatic rings. The number of rotatable bonds is 5. The van der Waals surface area contributed by atoms with Crippen molar-refractivity contribution in [2.75, 3.05) is 6.61 Å². The van der Waals surface area contributed by atoms with Crippen molar-refractivity contribution in [3.8, 4) is 11.4 Å². The Labute approximate surface area is 170 Å². The number of hydrogen-bond donors (Lipinski definition) is 2. The molecule has 7 nitrogen and oxygen atoms in total. The summed E-state index contributed by atoms with van der Waals surface area (Å²) in [5, 5.41) is 4.25. The van der Waals surface area contributed by atoms with Gasteiger partial charge in [0.05, 0.1) is 23.1 Å². The van der Waals surface area contributed by atoms with Crippen molar-refractivity contribution in [3.63, 3.8) is 0 Å². The fraction of sp³-hybridized carbons (Fsp3) is 0.150. The second kappa shape index (κ2) is 8.71. The highest BCUT2D eigenvalue weighted by Gasteiger charge is 2.16. The quantitative estimate of drug-likeness (QED) is 0.594. The number of carbonyl (C=O) groups excluding carboxylic acids is 2. The Morgan fingerprint density at radius 3 is 2.57 bits per heavy atom. The van der Waals surface area contributed by atoms with E-state index in [9.17, 15) is 9.59 Å². The standard InChI is InChI=1S/C20H19BrN4O3/c1-13-4-3-5-17(10-13)28-12-19(26)23-24-20(27)18-11-22-25(14(18)2)16-8-6-15(21)7-9-16/h3-11H,12H2,1-2H3,(H,23,26)(H,24,27). The molecule has 2 aromatic carbocycles. The van der Waals surface area contributed by atoms with Crippen LogP contribution in [0.2, 0.25) is 0 Å². The van der Waals surface area contributed by atoms with Crippen LogP contribution >= 0.6 is 15.9 Å². The van der Waals surface area contributed by atoms with Gasteiger partial charge in [0.15, 0.2) is 6.61 Å². The van der Waals surface area contributed by atoms with E-state index in [1.54, 1.807) is 17.7 Å². The van der Waals surface area contributed by atoms with E-state index in [0.29, 0.717) is 17.0 Å². The van der Waals surface area contributed by atoms with Gasteiger partial charge in [0.1, 0.15) is 5.75 Å². The largest absolute Gasteiger partial charge is 0.484 e. The Hall–Kier alpha value is -3.13. The number of halogens is 1. The molecule has 28 heavy (non-hydrogen) atoms. The van der Waals surface area contributed by atoms with E-state index in [-0.39, 0.29) is 6.61 Å². The molecule has 0 aliphatic rings. The number of nitrogens with one attached hydrogen (secondary N) is 2. The smallest absolute Gasteiger partial charge is 0.276 e. The lowest BCUT2D eigenvalue weighted by Crippen LogP contribution is -2.44. The van der Waals surface area contributed by atoms with Crippen molar-refractivity contribution in [2.24, 2.45) is 0 Å². The zero-order valence-corrected chi connectivity index (χ0v) is 17.0. The summed E-state index contributed by atoms with van der Waals surface area (Å²) in [5.41, 5.74) is 7.61. The molecule has 0 fully saturated rings. The van der Waals surface area contributed by atoms with Gasteiger partial charge in [-0.2, -0.15) is 5.10 Å². The van der Waals surface area contributed by atoms with Crippen LogP contribution in [0, 0.1) is 13.8 Å². The molecule has 8 heteroatoms. The molecule has 3 rings (SSSR count). The van der Waals surface area contributed by atoms with Gasteiger partial charge in [-0.15, -0.1) is 0 Å². The van der Waals surface area contributed by atoms with E-state index in [0.717, 1.165) is 15.7 Å². The van der Waals surface area contributed by atoms with Gasteiger partial charge in [-0.1, -0.05) is 28.1 Å². The van der Waals surface area contributed by atoms with Crippen LogP contribution in [0.5, 0.6) is 5.75 Å². The lowest BCUT2D eigenvalue weighted by atomic mass is 10.2. The normalized spacial score (nSPS) is 10.4. The number of nitrogens with zero attached hydrogens (tertiary/aromatic N) is 2. The van der Waals surface area contributed by atoms with E-state index in [1.807, 2.05) is 49.4 Å². The predicted molar refractivity (Wildman–Crippen MR) is 108 cm³/mol. The summed E-state index contributed by atoms with van der Waals surface area (Å²) in [5.74, 6) is -0.328. The molecular weight excluding hydrogens is 424 g/mol. The van der Waals surface area contributed by atoms with Gasteiger partial charge in [0.25, 0.3) is 11.8 Å². The zero-order chi connectivity index (χ0) is 20.1. The molecular formula is C20H19BrN4O3. The first kappa shape index (κ1) is 19.6. The molecule has 0 aliphatic heterocycles. The van der Waals surface area contributed by atoms with Crippen LogP contribution in [0.3, 0.4) is 0 Å². The van der Waals surface area contributed by atoms with E-state index < -0.39 is 11.8 Å². The second-order valence-corrected chi connectivity index (χ2v) is 7.06. The minimum Gasteiger partial charge on any atom is -0.484 e. The number of amides is 2. The van der Waals surface area contributed by atoms with Crippen LogP contribution in [0.4, 0.5) is 0 Å². The van der Waals surface area contributed by atoms with Crippen molar-refractivity contribution in [1.29, 1.82) is 0 Å². The number of benzene rings is 2. The summed E-state index contributed by atoms with van der Waals surface area (Å²) in [6, 6.07) is 14.9. The summed E-state index contributed by atoms with van der Waals surface area (Å²) in [4.78, 5) is 24.3. The average molecular weight is 443 g/mol. The van der Waals surface area contributed by atoms with E-state index in [2.05, 4.69) is 31.9 Å². The van der Waals surface area contributed by atoms with Crippen molar-refractivity contribution in [1.82, 2.24) is 20.6 Å². The summed E-state index contributed by atoms with van der Waals surface area (Å²) >= 11 is 3.39. The maximum atomic E-state index is 12.4. The number of hydrazine groups is 1. The zero-order valence-electron chi connectivity index (χ0n) is 15.4. The number of carbonyl (C=O) groups is 2. The van der Waals surface area contributed by atoms with Gasteiger partial charge in [0, 0.05) is 4.47 Å². The van der Waals surface area contributed by atoms with Crippen LogP contribution in [-0.2, 0) is 4.79 Å². The van der Waals surface area contributed by atoms with Crippen molar-refractivity contribution < 1.29 is 14.3 Å². The summed E-state index contributed by atoms with van der Waals surface area (Å²) in [7, 11) is 0. The number of aromatic nitrogens is 2. The lowest BCUT2D eigenvalue weighted by Gasteiger charge is -2.09. The molecule has 144 valence electrons. The minimum absolute atomic E-state index is 0.207. The van der Waals surface area contributed by atoms with Crippen LogP contribution in [0.25, 0.3) is 5.69 Å². The first-order valence-electron chi connectivity index (χ1n) is 8.53. The van der Waals surface area contributed by atoms with Crippen molar-refractivity contribution in [3.05, 3.63) is 76.0 Å². The monoisotopic (exact) mass is 442 g/mol. The topological polar surface area (TPSA) is 85.2 Å². The molecule has 2 N–H and O–H groups in total. The number of aryl methyl sites for hydroxylation is 1. The molecule has 1 heterocycles. The first-order chi connectivity index (χ1) is 13.4. The van der Waals surface area contributed by atoms with Gasteiger partial charge in [-0.3, -0.25) is 20.4 Å². The van der Waals surface area contributed by atoms with Gasteiger partial charge in [-0.25, -0.2) is 4.68 Å². The van der Waals surface area contributed by atoms with Crippen molar-refractivity contribution >= 4 is 27.7 Å². The Kier molecular flexibility index (Phi) is 6.10. The van der Waals surface area contributed by atoms with Gasteiger partial charge < -0.3 is 4.74 Å².